The van der Waals surface area contributed by atoms with Crippen molar-refractivity contribution in [2.24, 2.45) is 22.9 Å². The highest BCUT2D eigenvalue weighted by atomic mass is 32.2. The third-order valence-corrected chi connectivity index (χ3v) is 13.5. The van der Waals surface area contributed by atoms with Crippen LogP contribution in [0, 0.1) is 27.9 Å². The number of hydrogen-bond acceptors (Lipinski definition) is 14. The van der Waals surface area contributed by atoms with Crippen LogP contribution in [0.1, 0.15) is 62.0 Å². The van der Waals surface area contributed by atoms with Gasteiger partial charge < -0.3 is 43.5 Å². The quantitative estimate of drug-likeness (QED) is 0.0281. The van der Waals surface area contributed by atoms with Gasteiger partial charge in [-0.3, -0.25) is 15.0 Å². The lowest BCUT2D eigenvalue weighted by Crippen LogP contribution is -2.70. The number of nitrogens with zero attached hydrogens (tertiary/aromatic N) is 3. The Balaban J connectivity index is 1.31. The van der Waals surface area contributed by atoms with Gasteiger partial charge in [-0.15, -0.1) is 18.3 Å². The van der Waals surface area contributed by atoms with Crippen LogP contribution in [0.3, 0.4) is 0 Å². The number of aliphatic hydroxyl groups is 2. The fraction of sp³-hybridized carbons (Fsp3) is 0.400. The number of non-ortho nitro benzene ring substituents is 1. The van der Waals surface area contributed by atoms with E-state index in [2.05, 4.69) is 17.8 Å². The molecule has 348 valence electrons. The minimum absolute atomic E-state index is 0.00888. The van der Waals surface area contributed by atoms with Gasteiger partial charge in [0.15, 0.2) is 11.5 Å². The Morgan fingerprint density at radius 1 is 0.939 bits per heavy atom. The van der Waals surface area contributed by atoms with Crippen molar-refractivity contribution in [3.63, 3.8) is 0 Å². The number of allylic oxidation sites excluding steroid dienone is 1. The van der Waals surface area contributed by atoms with E-state index in [9.17, 15) is 20.3 Å². The number of nitro groups is 1. The smallest absolute Gasteiger partial charge is 0.416 e. The van der Waals surface area contributed by atoms with E-state index in [4.69, 9.17) is 33.3 Å². The van der Waals surface area contributed by atoms with Gasteiger partial charge in [0.2, 0.25) is 12.6 Å². The van der Waals surface area contributed by atoms with Gasteiger partial charge >= 0.3 is 6.09 Å². The highest BCUT2D eigenvalue weighted by molar-refractivity contribution is 7.98. The first-order valence-corrected chi connectivity index (χ1v) is 23.5. The van der Waals surface area contributed by atoms with Crippen LogP contribution in [0.15, 0.2) is 119 Å². The van der Waals surface area contributed by atoms with Gasteiger partial charge in [0, 0.05) is 54.7 Å². The minimum Gasteiger partial charge on any atom is -0.459 e. The fourth-order valence-electron chi connectivity index (χ4n) is 9.94. The molecule has 2 aliphatic heterocycles. The molecule has 6 atom stereocenters. The molecule has 2 heterocycles. The van der Waals surface area contributed by atoms with Crippen LogP contribution >= 0.6 is 11.8 Å². The zero-order valence-corrected chi connectivity index (χ0v) is 37.9. The zero-order valence-electron chi connectivity index (χ0n) is 37.0. The largest absolute Gasteiger partial charge is 0.459 e. The maximum absolute atomic E-state index is 15.0. The van der Waals surface area contributed by atoms with E-state index < -0.39 is 28.8 Å². The summed E-state index contributed by atoms with van der Waals surface area (Å²) in [6.45, 7) is 4.25. The Labute approximate surface area is 388 Å². The monoisotopic (exact) mass is 921 g/mol. The lowest BCUT2D eigenvalue weighted by atomic mass is 9.55. The van der Waals surface area contributed by atoms with E-state index in [1.807, 2.05) is 60.9 Å². The van der Waals surface area contributed by atoms with Crippen LogP contribution in [-0.4, -0.2) is 83.6 Å². The van der Waals surface area contributed by atoms with Crippen molar-refractivity contribution >= 4 is 29.3 Å². The molecular weight excluding hydrogens is 867 g/mol. The number of carbonyl (C=O) groups is 1. The number of unbranched alkanes of at least 4 members (excludes halogenated alkanes) is 2. The van der Waals surface area contributed by atoms with E-state index in [1.165, 1.54) is 31.4 Å². The average Bonchev–Trinajstić information content (AvgIpc) is 3.80. The normalized spacial score (nSPS) is 22.9. The van der Waals surface area contributed by atoms with Gasteiger partial charge in [0.1, 0.15) is 36.1 Å². The van der Waals surface area contributed by atoms with Gasteiger partial charge in [0.25, 0.3) is 5.69 Å². The molecule has 1 fully saturated rings. The summed E-state index contributed by atoms with van der Waals surface area (Å²) in [6.07, 6.45) is 9.61. The zero-order chi connectivity index (χ0) is 46.2. The number of hydrogen-bond donors (Lipinski definition) is 2. The maximum Gasteiger partial charge on any atom is 0.416 e. The predicted molar refractivity (Wildman–Crippen MR) is 247 cm³/mol. The topological polar surface area (TPSA) is 181 Å². The van der Waals surface area contributed by atoms with E-state index in [1.54, 1.807) is 28.8 Å². The van der Waals surface area contributed by atoms with Crippen LogP contribution in [-0.2, 0) is 16.1 Å². The number of carbonyl (C=O) groups excluding carboxylic acids is 1. The molecule has 0 spiro atoms. The molecule has 8 rings (SSSR count). The van der Waals surface area contributed by atoms with E-state index >= 15 is 4.79 Å². The van der Waals surface area contributed by atoms with Crippen molar-refractivity contribution in [1.82, 2.24) is 4.90 Å². The molecule has 66 heavy (non-hydrogen) atoms. The molecule has 15 nitrogen and oxygen atoms in total. The number of fused-ring (bicyclic) bond motifs is 3. The first-order chi connectivity index (χ1) is 32.2. The lowest BCUT2D eigenvalue weighted by molar-refractivity contribution is -0.384. The summed E-state index contributed by atoms with van der Waals surface area (Å²) < 4.78 is 38.4. The van der Waals surface area contributed by atoms with Gasteiger partial charge in [-0.2, -0.15) is 0 Å². The molecule has 2 N–H and O–H groups in total. The number of benzene rings is 4. The van der Waals surface area contributed by atoms with Crippen LogP contribution < -0.4 is 23.7 Å². The number of ether oxygens (including phenoxy) is 6. The number of rotatable bonds is 20. The standard InChI is InChI=1S/C50H55N3O12S/c1-4-25-62-50-46(52(30-32-11-21-44-45(26-32)61-31-60-44)49(56)64-36-14-12-34(13-15-36)53(57)58)29-42(51-59-2)40-27-33(9-5-7-23-54)39(10-6-8-24-55)47(48(40)50)41-28-37(18-22-43(41)65-50)63-35-16-19-38(66-3)20-17-35/h4,11-22,26-28,33,39,46-48,54-55H,1,5-10,23-25,29-31H2,2-3H3/t33-,39+,46-,47+,48+,50+/m0/s1. The Morgan fingerprint density at radius 3 is 2.36 bits per heavy atom. The van der Waals surface area contributed by atoms with Crippen LogP contribution in [0.25, 0.3) is 0 Å². The van der Waals surface area contributed by atoms with E-state index in [-0.39, 0.29) is 68.8 Å². The summed E-state index contributed by atoms with van der Waals surface area (Å²) in [6, 6.07) is 23.5. The molecule has 0 saturated heterocycles. The second kappa shape index (κ2) is 21.0. The lowest BCUT2D eigenvalue weighted by Gasteiger charge is -2.59. The second-order valence-corrected chi connectivity index (χ2v) is 17.5. The van der Waals surface area contributed by atoms with Gasteiger partial charge in [0.05, 0.1) is 23.2 Å². The van der Waals surface area contributed by atoms with Crippen molar-refractivity contribution in [1.29, 1.82) is 0 Å². The third kappa shape index (κ3) is 9.73. The Hall–Kier alpha value is -6.07. The third-order valence-electron chi connectivity index (χ3n) is 12.8. The molecule has 0 aromatic heterocycles. The van der Waals surface area contributed by atoms with E-state index in [0.29, 0.717) is 52.9 Å². The molecule has 0 unspecified atom stereocenters. The number of thioether (sulfide) groups is 1. The molecule has 1 amide bonds. The second-order valence-electron chi connectivity index (χ2n) is 16.7. The van der Waals surface area contributed by atoms with Crippen molar-refractivity contribution in [3.05, 3.63) is 130 Å². The number of aliphatic hydroxyl groups excluding tert-OH is 2. The summed E-state index contributed by atoms with van der Waals surface area (Å²) >= 11 is 1.65. The summed E-state index contributed by atoms with van der Waals surface area (Å²) in [5.41, 5.74) is 2.91. The summed E-state index contributed by atoms with van der Waals surface area (Å²) in [4.78, 5) is 34.3. The Bertz CT molecular complexity index is 2430. The van der Waals surface area contributed by atoms with Crippen LogP contribution in [0.5, 0.6) is 34.5 Å². The summed E-state index contributed by atoms with van der Waals surface area (Å²) in [5.74, 6) is 0.561. The van der Waals surface area contributed by atoms with Crippen molar-refractivity contribution in [2.75, 3.05) is 40.0 Å². The van der Waals surface area contributed by atoms with Gasteiger partial charge in [-0.25, -0.2) is 4.79 Å². The Morgan fingerprint density at radius 2 is 1.65 bits per heavy atom. The molecule has 0 bridgehead atoms. The number of amides is 1. The number of nitro benzene ring substituents is 1. The minimum atomic E-state index is -1.59. The Kier molecular flexibility index (Phi) is 14.8. The van der Waals surface area contributed by atoms with Crippen LogP contribution in [0.4, 0.5) is 10.5 Å². The molecule has 4 aromatic carbocycles. The first-order valence-electron chi connectivity index (χ1n) is 22.2. The fourth-order valence-corrected chi connectivity index (χ4v) is 10.3. The van der Waals surface area contributed by atoms with Gasteiger partial charge in [-0.1, -0.05) is 36.2 Å². The highest BCUT2D eigenvalue weighted by Gasteiger charge is 2.66. The molecule has 4 aromatic rings. The molecule has 2 aliphatic carbocycles. The van der Waals surface area contributed by atoms with Gasteiger partial charge in [-0.05, 0) is 122 Å². The van der Waals surface area contributed by atoms with Crippen molar-refractivity contribution in [3.8, 4) is 34.5 Å². The molecule has 1 saturated carbocycles. The molecular formula is C50H55N3O12S. The highest BCUT2D eigenvalue weighted by Crippen LogP contribution is 2.62. The SMILES string of the molecule is C=CCO[C@@]12Oc3ccc(Oc4ccc(SC)cc4)cc3[C@H]3[C@H](CCCCO)[C@@H](CCCCO)C=C(C(=NOC)C[C@@H]1N(Cc1ccc4c(c1)OCO4)C(=O)Oc1ccc([N+](=O)[O-])cc1)[C@H]32. The maximum atomic E-state index is 15.0. The first kappa shape index (κ1) is 46.5. The molecule has 4 aliphatic rings. The summed E-state index contributed by atoms with van der Waals surface area (Å²) in [7, 11) is 1.49. The van der Waals surface area contributed by atoms with Crippen molar-refractivity contribution in [2.45, 2.75) is 74.1 Å². The predicted octanol–water partition coefficient (Wildman–Crippen LogP) is 9.80. The number of oxime groups is 1. The molecule has 0 radical (unpaired) electrons. The van der Waals surface area contributed by atoms with Crippen molar-refractivity contribution < 1.29 is 53.2 Å². The molecule has 16 heteroatoms. The summed E-state index contributed by atoms with van der Waals surface area (Å²) in [5, 5.41) is 36.1. The van der Waals surface area contributed by atoms with E-state index in [0.717, 1.165) is 41.7 Å². The average molecular weight is 922 g/mol. The van der Waals surface area contributed by atoms with Crippen LogP contribution in [0.2, 0.25) is 0 Å².